The van der Waals surface area contributed by atoms with E-state index in [4.69, 9.17) is 4.98 Å². The molecule has 0 radical (unpaired) electrons. The summed E-state index contributed by atoms with van der Waals surface area (Å²) in [6.07, 6.45) is 4.02. The molecule has 0 spiro atoms. The van der Waals surface area contributed by atoms with Crippen molar-refractivity contribution >= 4 is 16.7 Å². The molecular formula is C18H17N3O2. The average Bonchev–Trinajstić information content (AvgIpc) is 3.08. The van der Waals surface area contributed by atoms with Crippen LogP contribution in [0.1, 0.15) is 12.8 Å². The SMILES string of the molecule is O=c1cc(O)ccn1-c1ccc2nc(N3CCCC3)ccc2c1. The maximum atomic E-state index is 12.0. The van der Waals surface area contributed by atoms with Crippen molar-refractivity contribution in [1.29, 1.82) is 0 Å². The Morgan fingerprint density at radius 3 is 2.61 bits per heavy atom. The summed E-state index contributed by atoms with van der Waals surface area (Å²) < 4.78 is 1.51. The molecule has 0 amide bonds. The van der Waals surface area contributed by atoms with Crippen LogP contribution in [0.4, 0.5) is 5.82 Å². The number of aromatic hydroxyl groups is 1. The van der Waals surface area contributed by atoms with Gasteiger partial charge in [0.2, 0.25) is 0 Å². The average molecular weight is 307 g/mol. The van der Waals surface area contributed by atoms with Crippen LogP contribution in [-0.4, -0.2) is 27.7 Å². The molecule has 0 saturated carbocycles. The molecule has 23 heavy (non-hydrogen) atoms. The predicted molar refractivity (Wildman–Crippen MR) is 90.5 cm³/mol. The van der Waals surface area contributed by atoms with Gasteiger partial charge >= 0.3 is 0 Å². The zero-order valence-electron chi connectivity index (χ0n) is 12.6. The zero-order valence-corrected chi connectivity index (χ0v) is 12.6. The van der Waals surface area contributed by atoms with Crippen molar-refractivity contribution in [1.82, 2.24) is 9.55 Å². The molecule has 4 rings (SSSR count). The molecular weight excluding hydrogens is 290 g/mol. The van der Waals surface area contributed by atoms with Crippen LogP contribution < -0.4 is 10.5 Å². The van der Waals surface area contributed by atoms with Gasteiger partial charge < -0.3 is 10.0 Å². The van der Waals surface area contributed by atoms with Gasteiger partial charge in [-0.2, -0.15) is 0 Å². The highest BCUT2D eigenvalue weighted by molar-refractivity contribution is 5.82. The molecule has 0 atom stereocenters. The third-order valence-electron chi connectivity index (χ3n) is 4.27. The highest BCUT2D eigenvalue weighted by Gasteiger charge is 2.13. The van der Waals surface area contributed by atoms with Gasteiger partial charge in [0.1, 0.15) is 11.6 Å². The van der Waals surface area contributed by atoms with E-state index in [1.54, 1.807) is 6.20 Å². The second-order valence-electron chi connectivity index (χ2n) is 5.83. The summed E-state index contributed by atoms with van der Waals surface area (Å²) >= 11 is 0. The number of anilines is 1. The van der Waals surface area contributed by atoms with E-state index < -0.39 is 0 Å². The van der Waals surface area contributed by atoms with Gasteiger partial charge in [-0.25, -0.2) is 4.98 Å². The summed E-state index contributed by atoms with van der Waals surface area (Å²) in [6, 6.07) is 12.5. The van der Waals surface area contributed by atoms with Crippen molar-refractivity contribution in [2.45, 2.75) is 12.8 Å². The first-order valence-electron chi connectivity index (χ1n) is 7.78. The van der Waals surface area contributed by atoms with Gasteiger partial charge in [-0.3, -0.25) is 9.36 Å². The van der Waals surface area contributed by atoms with Crippen molar-refractivity contribution in [3.63, 3.8) is 0 Å². The van der Waals surface area contributed by atoms with Crippen molar-refractivity contribution in [3.8, 4) is 11.4 Å². The maximum absolute atomic E-state index is 12.0. The monoisotopic (exact) mass is 307 g/mol. The van der Waals surface area contributed by atoms with Crippen LogP contribution in [0.3, 0.4) is 0 Å². The Balaban J connectivity index is 1.76. The molecule has 1 aliphatic rings. The summed E-state index contributed by atoms with van der Waals surface area (Å²) in [4.78, 5) is 19.0. The second-order valence-corrected chi connectivity index (χ2v) is 5.83. The van der Waals surface area contributed by atoms with Crippen LogP contribution in [0.15, 0.2) is 53.5 Å². The lowest BCUT2D eigenvalue weighted by atomic mass is 10.2. The van der Waals surface area contributed by atoms with E-state index in [9.17, 15) is 9.90 Å². The molecule has 1 fully saturated rings. The third kappa shape index (κ3) is 2.54. The molecule has 2 aromatic heterocycles. The number of hydrogen-bond acceptors (Lipinski definition) is 4. The van der Waals surface area contributed by atoms with Crippen LogP contribution in [0.2, 0.25) is 0 Å². The zero-order chi connectivity index (χ0) is 15.8. The van der Waals surface area contributed by atoms with Crippen LogP contribution in [-0.2, 0) is 0 Å². The molecule has 0 unspecified atom stereocenters. The van der Waals surface area contributed by atoms with Crippen LogP contribution in [0, 0.1) is 0 Å². The maximum Gasteiger partial charge on any atom is 0.258 e. The number of nitrogens with zero attached hydrogens (tertiary/aromatic N) is 3. The number of rotatable bonds is 2. The molecule has 3 heterocycles. The first kappa shape index (κ1) is 13.8. The minimum Gasteiger partial charge on any atom is -0.508 e. The molecule has 5 nitrogen and oxygen atoms in total. The Morgan fingerprint density at radius 2 is 1.83 bits per heavy atom. The topological polar surface area (TPSA) is 58.4 Å². The van der Waals surface area contributed by atoms with Gasteiger partial charge in [-0.1, -0.05) is 0 Å². The summed E-state index contributed by atoms with van der Waals surface area (Å²) in [5.74, 6) is 0.994. The van der Waals surface area contributed by atoms with E-state index in [0.717, 1.165) is 35.5 Å². The van der Waals surface area contributed by atoms with Crippen LogP contribution in [0.5, 0.6) is 5.75 Å². The molecule has 1 saturated heterocycles. The Labute approximate surface area is 133 Å². The van der Waals surface area contributed by atoms with Crippen LogP contribution >= 0.6 is 0 Å². The minimum atomic E-state index is -0.258. The van der Waals surface area contributed by atoms with Gasteiger partial charge in [-0.05, 0) is 49.2 Å². The van der Waals surface area contributed by atoms with Crippen molar-refractivity contribution < 1.29 is 5.11 Å². The summed E-state index contributed by atoms with van der Waals surface area (Å²) in [5.41, 5.74) is 1.43. The third-order valence-corrected chi connectivity index (χ3v) is 4.27. The molecule has 1 aromatic carbocycles. The summed E-state index contributed by atoms with van der Waals surface area (Å²) in [6.45, 7) is 2.14. The van der Waals surface area contributed by atoms with E-state index in [2.05, 4.69) is 4.90 Å². The highest BCUT2D eigenvalue weighted by atomic mass is 16.3. The second kappa shape index (κ2) is 5.43. The molecule has 116 valence electrons. The van der Waals surface area contributed by atoms with Crippen LogP contribution in [0.25, 0.3) is 16.6 Å². The van der Waals surface area contributed by atoms with E-state index in [0.29, 0.717) is 0 Å². The summed E-state index contributed by atoms with van der Waals surface area (Å²) in [5, 5.41) is 10.4. The lowest BCUT2D eigenvalue weighted by Crippen LogP contribution is -2.18. The number of benzene rings is 1. The van der Waals surface area contributed by atoms with Crippen molar-refractivity contribution in [3.05, 3.63) is 59.0 Å². The van der Waals surface area contributed by atoms with E-state index in [1.165, 1.54) is 29.5 Å². The Bertz CT molecular complexity index is 927. The van der Waals surface area contributed by atoms with Crippen molar-refractivity contribution in [2.24, 2.45) is 0 Å². The highest BCUT2D eigenvalue weighted by Crippen LogP contribution is 2.23. The minimum absolute atomic E-state index is 0.0241. The molecule has 5 heteroatoms. The fourth-order valence-electron chi connectivity index (χ4n) is 3.06. The number of aromatic nitrogens is 2. The molecule has 0 aliphatic carbocycles. The standard InChI is InChI=1S/C18H17N3O2/c22-15-7-10-21(18(23)12-15)14-4-5-16-13(11-14)3-6-17(19-16)20-8-1-2-9-20/h3-7,10-12,22H,1-2,8-9H2. The molecule has 1 aliphatic heterocycles. The van der Waals surface area contributed by atoms with Gasteiger partial charge in [-0.15, -0.1) is 0 Å². The van der Waals surface area contributed by atoms with Gasteiger partial charge in [0, 0.05) is 36.4 Å². The molecule has 0 bridgehead atoms. The Hall–Kier alpha value is -2.82. The van der Waals surface area contributed by atoms with E-state index in [1.807, 2.05) is 30.3 Å². The fraction of sp³-hybridized carbons (Fsp3) is 0.222. The lowest BCUT2D eigenvalue weighted by Gasteiger charge is -2.16. The first-order valence-corrected chi connectivity index (χ1v) is 7.78. The fourth-order valence-corrected chi connectivity index (χ4v) is 3.06. The lowest BCUT2D eigenvalue weighted by molar-refractivity contribution is 0.473. The summed E-state index contributed by atoms with van der Waals surface area (Å²) in [7, 11) is 0. The van der Waals surface area contributed by atoms with Gasteiger partial charge in [0.05, 0.1) is 5.52 Å². The Kier molecular flexibility index (Phi) is 3.26. The number of hydrogen-bond donors (Lipinski definition) is 1. The van der Waals surface area contributed by atoms with Gasteiger partial charge in [0.15, 0.2) is 0 Å². The smallest absolute Gasteiger partial charge is 0.258 e. The van der Waals surface area contributed by atoms with E-state index >= 15 is 0 Å². The van der Waals surface area contributed by atoms with Crippen molar-refractivity contribution in [2.75, 3.05) is 18.0 Å². The first-order chi connectivity index (χ1) is 11.2. The van der Waals surface area contributed by atoms with Gasteiger partial charge in [0.25, 0.3) is 5.56 Å². The number of pyridine rings is 2. The predicted octanol–water partition coefficient (Wildman–Crippen LogP) is 2.69. The quantitative estimate of drug-likeness (QED) is 0.791. The normalized spacial score (nSPS) is 14.5. The number of fused-ring (bicyclic) bond motifs is 1. The van der Waals surface area contributed by atoms with E-state index in [-0.39, 0.29) is 11.3 Å². The molecule has 3 aromatic rings. The molecule has 1 N–H and O–H groups in total. The largest absolute Gasteiger partial charge is 0.508 e. The Morgan fingerprint density at radius 1 is 1.00 bits per heavy atom.